The number of cyclic esters (lactones) is 1. The lowest BCUT2D eigenvalue weighted by Gasteiger charge is -2.44. The second-order valence-corrected chi connectivity index (χ2v) is 12.7. The highest BCUT2D eigenvalue weighted by molar-refractivity contribution is 5.83. The number of hydrogen-bond acceptors (Lipinski definition) is 10. The largest absolute Gasteiger partial charge is 0.459 e. The van der Waals surface area contributed by atoms with Crippen molar-refractivity contribution in [2.24, 2.45) is 11.8 Å². The van der Waals surface area contributed by atoms with E-state index in [-0.39, 0.29) is 42.8 Å². The molecule has 0 aromatic heterocycles. The van der Waals surface area contributed by atoms with E-state index in [1.165, 1.54) is 12.2 Å². The first kappa shape index (κ1) is 35.6. The predicted molar refractivity (Wildman–Crippen MR) is 160 cm³/mol. The average molecular weight is 609 g/mol. The van der Waals surface area contributed by atoms with E-state index in [4.69, 9.17) is 14.2 Å². The van der Waals surface area contributed by atoms with Crippen LogP contribution < -0.4 is 0 Å². The smallest absolute Gasteiger partial charge is 0.311 e. The number of Topliss-reactive ketones (excluding diaryl/α,β-unsaturated/α-hetero) is 1. The number of fused-ring (bicyclic) bond motifs is 4. The van der Waals surface area contributed by atoms with Crippen LogP contribution in [0.1, 0.15) is 91.9 Å². The molecule has 0 saturated carbocycles. The van der Waals surface area contributed by atoms with Gasteiger partial charge in [-0.2, -0.15) is 0 Å². The van der Waals surface area contributed by atoms with Gasteiger partial charge in [0.1, 0.15) is 24.1 Å². The van der Waals surface area contributed by atoms with E-state index in [0.29, 0.717) is 37.7 Å². The number of rotatable bonds is 3. The van der Waals surface area contributed by atoms with Crippen molar-refractivity contribution in [2.75, 3.05) is 0 Å². The number of hydrogen-bond donors (Lipinski definition) is 5. The molecule has 0 aliphatic carbocycles. The van der Waals surface area contributed by atoms with Gasteiger partial charge in [0.2, 0.25) is 5.79 Å². The molecular weight excluding hydrogens is 556 g/mol. The molecule has 10 nitrogen and oxygen atoms in total. The molecule has 0 radical (unpaired) electrons. The molecule has 3 aliphatic rings. The third-order valence-electron chi connectivity index (χ3n) is 9.03. The normalized spacial score (nSPS) is 43.0. The lowest BCUT2D eigenvalue weighted by Crippen LogP contribution is -2.59. The van der Waals surface area contributed by atoms with E-state index < -0.39 is 60.2 Å². The van der Waals surface area contributed by atoms with E-state index in [2.05, 4.69) is 6.58 Å². The van der Waals surface area contributed by atoms with Gasteiger partial charge in [-0.3, -0.25) is 9.59 Å². The van der Waals surface area contributed by atoms with Crippen LogP contribution >= 0.6 is 0 Å². The van der Waals surface area contributed by atoms with Crippen molar-refractivity contribution in [1.29, 1.82) is 0 Å². The van der Waals surface area contributed by atoms with Crippen LogP contribution in [0.15, 0.2) is 36.0 Å². The topological polar surface area (TPSA) is 163 Å². The molecule has 2 saturated heterocycles. The fraction of sp³-hybridized carbons (Fsp3) is 0.758. The van der Waals surface area contributed by atoms with Crippen LogP contribution in [0.5, 0.6) is 0 Å². The second kappa shape index (κ2) is 15.9. The number of esters is 1. The Morgan fingerprint density at radius 1 is 1.00 bits per heavy atom. The van der Waals surface area contributed by atoms with Crippen molar-refractivity contribution >= 4 is 11.8 Å². The highest BCUT2D eigenvalue weighted by atomic mass is 16.7. The quantitative estimate of drug-likeness (QED) is 0.238. The number of unbranched alkanes of at least 4 members (excludes halogenated alkanes) is 1. The molecule has 5 N–H and O–H groups in total. The zero-order valence-electron chi connectivity index (χ0n) is 26.1. The molecule has 11 atom stereocenters. The molecule has 10 heteroatoms. The standard InChI is InChI=1S/C33H52O10/c1-6-7-8-28-29-13-10-23(41-29)17-24-11-14-30(37)33(40,43-24)31(38)16-19(2)15-21(4)27(36)18-26(35)20(3)9-12-25(34)22(5)32(39)42-28/h9,12,15,21-26,28-31,34-35,37-38,40H,3,6-8,10-11,13-14,16-18H2,1-2,4-5H3/b12-9+,19-15+/t21-,22-,23+,24-,25+,26+,28+,29+,30-,31-,33?/m1/s1. The van der Waals surface area contributed by atoms with Crippen molar-refractivity contribution in [3.05, 3.63) is 36.0 Å². The summed E-state index contributed by atoms with van der Waals surface area (Å²) in [5.41, 5.74) is 0.828. The van der Waals surface area contributed by atoms with E-state index in [1.54, 1.807) is 26.8 Å². The second-order valence-electron chi connectivity index (χ2n) is 12.7. The van der Waals surface area contributed by atoms with E-state index in [9.17, 15) is 35.1 Å². The van der Waals surface area contributed by atoms with Crippen LogP contribution in [0, 0.1) is 11.8 Å². The van der Waals surface area contributed by atoms with Crippen LogP contribution in [0.25, 0.3) is 0 Å². The molecule has 0 aromatic carbocycles. The molecule has 0 amide bonds. The molecule has 0 aromatic rings. The molecule has 4 bridgehead atoms. The van der Waals surface area contributed by atoms with E-state index in [0.717, 1.165) is 12.8 Å². The van der Waals surface area contributed by atoms with Crippen LogP contribution in [0.4, 0.5) is 0 Å². The number of ether oxygens (including phenoxy) is 3. The SMILES string of the molecule is C=C1/C=C/[C@H](O)[C@@H](C)C(=O)O[C@@H](CCCC)[C@@H]2CC[C@@H](C[C@H]3CC[C@@H](O)C(O)(O3)[C@H](O)C/C(C)=C/[C@@H](C)C(=O)C[C@@H]1O)O2. The van der Waals surface area contributed by atoms with Gasteiger partial charge in [0.25, 0.3) is 0 Å². The summed E-state index contributed by atoms with van der Waals surface area (Å²) in [5, 5.41) is 54.1. The summed E-state index contributed by atoms with van der Waals surface area (Å²) in [7, 11) is 0. The first-order valence-corrected chi connectivity index (χ1v) is 15.8. The van der Waals surface area contributed by atoms with Crippen LogP contribution in [-0.2, 0) is 23.8 Å². The Labute approximate surface area is 255 Å². The maximum Gasteiger partial charge on any atom is 0.311 e. The van der Waals surface area contributed by atoms with Gasteiger partial charge in [0.15, 0.2) is 0 Å². The van der Waals surface area contributed by atoms with Crippen LogP contribution in [0.2, 0.25) is 0 Å². The number of allylic oxidation sites excluding steroid dienone is 1. The molecule has 0 spiro atoms. The molecule has 3 aliphatic heterocycles. The molecule has 43 heavy (non-hydrogen) atoms. The molecule has 2 fully saturated rings. The number of ketones is 1. The summed E-state index contributed by atoms with van der Waals surface area (Å²) in [6.07, 6.45) is 2.43. The van der Waals surface area contributed by atoms with Crippen molar-refractivity contribution in [3.63, 3.8) is 0 Å². The van der Waals surface area contributed by atoms with Crippen LogP contribution in [-0.4, -0.2) is 91.9 Å². The number of aliphatic hydroxyl groups is 5. The van der Waals surface area contributed by atoms with E-state index in [1.807, 2.05) is 6.92 Å². The first-order chi connectivity index (χ1) is 20.2. The first-order valence-electron chi connectivity index (χ1n) is 15.8. The van der Waals surface area contributed by atoms with Gasteiger partial charge < -0.3 is 39.7 Å². The maximum absolute atomic E-state index is 13.1. The minimum Gasteiger partial charge on any atom is -0.459 e. The lowest BCUT2D eigenvalue weighted by atomic mass is 9.88. The number of carbonyl (C=O) groups excluding carboxylic acids is 2. The molecular formula is C33H52O10. The van der Waals surface area contributed by atoms with Crippen molar-refractivity contribution < 1.29 is 49.3 Å². The molecule has 244 valence electrons. The van der Waals surface area contributed by atoms with Gasteiger partial charge >= 0.3 is 5.97 Å². The van der Waals surface area contributed by atoms with Gasteiger partial charge in [0.05, 0.1) is 36.4 Å². The third kappa shape index (κ3) is 9.53. The Morgan fingerprint density at radius 3 is 2.40 bits per heavy atom. The van der Waals surface area contributed by atoms with Crippen LogP contribution in [0.3, 0.4) is 0 Å². The summed E-state index contributed by atoms with van der Waals surface area (Å²) in [6.45, 7) is 10.8. The van der Waals surface area contributed by atoms with E-state index >= 15 is 0 Å². The minimum absolute atomic E-state index is 0.0293. The van der Waals surface area contributed by atoms with Gasteiger partial charge in [-0.25, -0.2) is 0 Å². The highest BCUT2D eigenvalue weighted by Crippen LogP contribution is 2.37. The summed E-state index contributed by atoms with van der Waals surface area (Å²) >= 11 is 0. The zero-order chi connectivity index (χ0) is 31.9. The monoisotopic (exact) mass is 608 g/mol. The number of aliphatic hydroxyl groups excluding tert-OH is 4. The van der Waals surface area contributed by atoms with Crippen molar-refractivity contribution in [2.45, 2.75) is 147 Å². The van der Waals surface area contributed by atoms with Gasteiger partial charge in [-0.05, 0) is 70.8 Å². The Hall–Kier alpha value is -1.92. The summed E-state index contributed by atoms with van der Waals surface area (Å²) in [6, 6.07) is 0. The van der Waals surface area contributed by atoms with Crippen molar-refractivity contribution in [3.8, 4) is 0 Å². The highest BCUT2D eigenvalue weighted by Gasteiger charge is 2.49. The predicted octanol–water partition coefficient (Wildman–Crippen LogP) is 3.03. The Bertz CT molecular complexity index is 1020. The van der Waals surface area contributed by atoms with Crippen molar-refractivity contribution in [1.82, 2.24) is 0 Å². The Kier molecular flexibility index (Phi) is 13.1. The van der Waals surface area contributed by atoms with Gasteiger partial charge in [0, 0.05) is 12.3 Å². The average Bonchev–Trinajstić information content (AvgIpc) is 3.42. The lowest BCUT2D eigenvalue weighted by molar-refractivity contribution is -0.337. The molecule has 3 heterocycles. The van der Waals surface area contributed by atoms with Gasteiger partial charge in [-0.15, -0.1) is 0 Å². The zero-order valence-corrected chi connectivity index (χ0v) is 26.1. The maximum atomic E-state index is 13.1. The third-order valence-corrected chi connectivity index (χ3v) is 9.03. The number of carbonyl (C=O) groups is 2. The van der Waals surface area contributed by atoms with Gasteiger partial charge in [-0.1, -0.05) is 50.6 Å². The molecule has 3 rings (SSSR count). The Balaban J connectivity index is 1.86. The summed E-state index contributed by atoms with van der Waals surface area (Å²) in [4.78, 5) is 25.9. The fourth-order valence-electron chi connectivity index (χ4n) is 6.06. The summed E-state index contributed by atoms with van der Waals surface area (Å²) in [5.74, 6) is -4.51. The summed E-state index contributed by atoms with van der Waals surface area (Å²) < 4.78 is 18.2. The minimum atomic E-state index is -2.19. The molecule has 1 unspecified atom stereocenters. The Morgan fingerprint density at radius 2 is 1.70 bits per heavy atom. The fourth-order valence-corrected chi connectivity index (χ4v) is 6.06.